The van der Waals surface area contributed by atoms with Crippen LogP contribution in [0.25, 0.3) is 10.9 Å². The quantitative estimate of drug-likeness (QED) is 0.770. The number of aliphatic hydroxyl groups excluding tert-OH is 1. The van der Waals surface area contributed by atoms with Gasteiger partial charge >= 0.3 is 0 Å². The molecule has 3 heteroatoms. The molecule has 3 rings (SSSR count). The zero-order valence-corrected chi connectivity index (χ0v) is 8.60. The highest BCUT2D eigenvalue weighted by Crippen LogP contribution is 2.36. The van der Waals surface area contributed by atoms with Gasteiger partial charge in [-0.05, 0) is 24.6 Å². The summed E-state index contributed by atoms with van der Waals surface area (Å²) >= 11 is 0. The van der Waals surface area contributed by atoms with Gasteiger partial charge in [0, 0.05) is 17.6 Å². The molecule has 0 amide bonds. The van der Waals surface area contributed by atoms with Crippen LogP contribution in [0.1, 0.15) is 18.2 Å². The molecule has 15 heavy (non-hydrogen) atoms. The van der Waals surface area contributed by atoms with Crippen LogP contribution in [0, 0.1) is 0 Å². The van der Waals surface area contributed by atoms with E-state index in [0.717, 1.165) is 35.3 Å². The lowest BCUT2D eigenvalue weighted by Crippen LogP contribution is -1.91. The second-order valence-corrected chi connectivity index (χ2v) is 3.92. The Hall–Kier alpha value is -1.48. The van der Waals surface area contributed by atoms with E-state index in [4.69, 9.17) is 4.74 Å². The van der Waals surface area contributed by atoms with Gasteiger partial charge in [-0.3, -0.25) is 0 Å². The van der Waals surface area contributed by atoms with Crippen molar-refractivity contribution < 1.29 is 9.84 Å². The van der Waals surface area contributed by atoms with Gasteiger partial charge < -0.3 is 14.4 Å². The number of hydrogen-bond acceptors (Lipinski definition) is 2. The first-order valence-electron chi connectivity index (χ1n) is 5.15. The number of hydrogen-bond donors (Lipinski definition) is 1. The average Bonchev–Trinajstić information content (AvgIpc) is 2.79. The van der Waals surface area contributed by atoms with Gasteiger partial charge in [0.1, 0.15) is 5.75 Å². The van der Waals surface area contributed by atoms with E-state index >= 15 is 0 Å². The van der Waals surface area contributed by atoms with Crippen molar-refractivity contribution in [3.05, 3.63) is 30.0 Å². The maximum absolute atomic E-state index is 9.78. The molecule has 1 N–H and O–H groups in total. The molecule has 0 aliphatic carbocycles. The smallest absolute Gasteiger partial charge is 0.128 e. The molecule has 0 saturated carbocycles. The van der Waals surface area contributed by atoms with Crippen molar-refractivity contribution in [2.24, 2.45) is 0 Å². The molecule has 0 spiro atoms. The summed E-state index contributed by atoms with van der Waals surface area (Å²) in [6, 6.07) is 8.04. The van der Waals surface area contributed by atoms with Crippen LogP contribution in [0.2, 0.25) is 0 Å². The largest absolute Gasteiger partial charge is 0.496 e. The summed E-state index contributed by atoms with van der Waals surface area (Å²) in [5, 5.41) is 10.9. The number of aromatic nitrogens is 1. The van der Waals surface area contributed by atoms with Crippen molar-refractivity contribution in [2.75, 3.05) is 7.11 Å². The Balaban J connectivity index is 2.33. The number of rotatable bonds is 1. The zero-order chi connectivity index (χ0) is 10.4. The molecule has 0 saturated heterocycles. The van der Waals surface area contributed by atoms with Crippen molar-refractivity contribution in [3.8, 4) is 5.75 Å². The number of benzene rings is 1. The molecule has 78 valence electrons. The number of methoxy groups -OCH3 is 1. The highest BCUT2D eigenvalue weighted by Gasteiger charge is 2.23. The standard InChI is InChI=1S/C12H13NO2/c1-15-12-4-2-3-9-8(12)7-10-11(14)5-6-13(9)10/h2-4,7,11,14H,5-6H2,1H3. The lowest BCUT2D eigenvalue weighted by Gasteiger charge is -2.03. The summed E-state index contributed by atoms with van der Waals surface area (Å²) in [5.74, 6) is 0.876. The zero-order valence-electron chi connectivity index (χ0n) is 8.60. The van der Waals surface area contributed by atoms with E-state index in [2.05, 4.69) is 10.6 Å². The molecular weight excluding hydrogens is 190 g/mol. The minimum atomic E-state index is -0.317. The van der Waals surface area contributed by atoms with E-state index in [-0.39, 0.29) is 6.10 Å². The van der Waals surface area contributed by atoms with Gasteiger partial charge in [0.05, 0.1) is 18.7 Å². The lowest BCUT2D eigenvalue weighted by atomic mass is 10.2. The van der Waals surface area contributed by atoms with Gasteiger partial charge in [-0.2, -0.15) is 0 Å². The fourth-order valence-corrected chi connectivity index (χ4v) is 2.38. The maximum Gasteiger partial charge on any atom is 0.128 e. The summed E-state index contributed by atoms with van der Waals surface area (Å²) in [6.07, 6.45) is 0.504. The SMILES string of the molecule is COc1cccc2c1cc1n2CCC1O. The van der Waals surface area contributed by atoms with Crippen molar-refractivity contribution in [1.29, 1.82) is 0 Å². The Labute approximate surface area is 87.9 Å². The summed E-state index contributed by atoms with van der Waals surface area (Å²) in [6.45, 7) is 0.896. The van der Waals surface area contributed by atoms with Gasteiger partial charge in [0.25, 0.3) is 0 Å². The molecule has 1 atom stereocenters. The number of nitrogens with zero attached hydrogens (tertiary/aromatic N) is 1. The van der Waals surface area contributed by atoms with Crippen LogP contribution >= 0.6 is 0 Å². The molecule has 1 aromatic carbocycles. The molecule has 3 nitrogen and oxygen atoms in total. The van der Waals surface area contributed by atoms with Gasteiger partial charge in [-0.25, -0.2) is 0 Å². The van der Waals surface area contributed by atoms with Crippen molar-refractivity contribution in [1.82, 2.24) is 4.57 Å². The average molecular weight is 203 g/mol. The molecule has 2 aromatic rings. The van der Waals surface area contributed by atoms with E-state index in [9.17, 15) is 5.11 Å². The number of fused-ring (bicyclic) bond motifs is 3. The van der Waals surface area contributed by atoms with E-state index in [0.29, 0.717) is 0 Å². The van der Waals surface area contributed by atoms with Crippen molar-refractivity contribution in [2.45, 2.75) is 19.1 Å². The Kier molecular flexibility index (Phi) is 1.76. The highest BCUT2D eigenvalue weighted by molar-refractivity contribution is 5.87. The fraction of sp³-hybridized carbons (Fsp3) is 0.333. The predicted octanol–water partition coefficient (Wildman–Crippen LogP) is 2.09. The normalized spacial score (nSPS) is 19.5. The Morgan fingerprint density at radius 2 is 2.33 bits per heavy atom. The minimum Gasteiger partial charge on any atom is -0.496 e. The van der Waals surface area contributed by atoms with Crippen LogP contribution in [0.4, 0.5) is 0 Å². The molecule has 0 radical (unpaired) electrons. The van der Waals surface area contributed by atoms with Crippen molar-refractivity contribution in [3.63, 3.8) is 0 Å². The predicted molar refractivity (Wildman–Crippen MR) is 58.1 cm³/mol. The second-order valence-electron chi connectivity index (χ2n) is 3.92. The Morgan fingerprint density at radius 3 is 3.13 bits per heavy atom. The fourth-order valence-electron chi connectivity index (χ4n) is 2.38. The molecular formula is C12H13NO2. The first-order valence-corrected chi connectivity index (χ1v) is 5.15. The summed E-state index contributed by atoms with van der Waals surface area (Å²) in [5.41, 5.74) is 2.16. The number of aliphatic hydroxyl groups is 1. The van der Waals surface area contributed by atoms with Crippen LogP contribution in [-0.2, 0) is 6.54 Å². The molecule has 0 bridgehead atoms. The summed E-state index contributed by atoms with van der Waals surface area (Å²) in [4.78, 5) is 0. The molecule has 0 fully saturated rings. The maximum atomic E-state index is 9.78. The van der Waals surface area contributed by atoms with E-state index in [1.165, 1.54) is 0 Å². The third-order valence-electron chi connectivity index (χ3n) is 3.13. The van der Waals surface area contributed by atoms with Crippen LogP contribution in [0.5, 0.6) is 5.75 Å². The van der Waals surface area contributed by atoms with Crippen LogP contribution in [-0.4, -0.2) is 16.8 Å². The molecule has 2 heterocycles. The topological polar surface area (TPSA) is 34.4 Å². The third kappa shape index (κ3) is 1.10. The first kappa shape index (κ1) is 8.80. The van der Waals surface area contributed by atoms with Crippen LogP contribution in [0.15, 0.2) is 24.3 Å². The van der Waals surface area contributed by atoms with Gasteiger partial charge in [-0.15, -0.1) is 0 Å². The molecule has 1 aliphatic rings. The second kappa shape index (κ2) is 3.00. The minimum absolute atomic E-state index is 0.317. The summed E-state index contributed by atoms with van der Waals surface area (Å²) < 4.78 is 7.47. The Bertz CT molecular complexity index is 516. The molecule has 1 aromatic heterocycles. The van der Waals surface area contributed by atoms with Crippen molar-refractivity contribution >= 4 is 10.9 Å². The van der Waals surface area contributed by atoms with Crippen LogP contribution in [0.3, 0.4) is 0 Å². The van der Waals surface area contributed by atoms with E-state index in [1.54, 1.807) is 7.11 Å². The van der Waals surface area contributed by atoms with Gasteiger partial charge in [0.2, 0.25) is 0 Å². The number of ether oxygens (including phenoxy) is 1. The molecule has 1 aliphatic heterocycles. The van der Waals surface area contributed by atoms with Gasteiger partial charge in [-0.1, -0.05) is 6.07 Å². The van der Waals surface area contributed by atoms with Gasteiger partial charge in [0.15, 0.2) is 0 Å². The molecule has 1 unspecified atom stereocenters. The third-order valence-corrected chi connectivity index (χ3v) is 3.13. The van der Waals surface area contributed by atoms with Crippen LogP contribution < -0.4 is 4.74 Å². The Morgan fingerprint density at radius 1 is 1.47 bits per heavy atom. The van der Waals surface area contributed by atoms with E-state index < -0.39 is 0 Å². The monoisotopic (exact) mass is 203 g/mol. The first-order chi connectivity index (χ1) is 7.31. The summed E-state index contributed by atoms with van der Waals surface area (Å²) in [7, 11) is 1.67. The van der Waals surface area contributed by atoms with E-state index in [1.807, 2.05) is 18.2 Å². The number of aryl methyl sites for hydroxylation is 1. The lowest BCUT2D eigenvalue weighted by molar-refractivity contribution is 0.180. The highest BCUT2D eigenvalue weighted by atomic mass is 16.5.